The van der Waals surface area contributed by atoms with Crippen molar-refractivity contribution >= 4 is 6.03 Å². The highest BCUT2D eigenvalue weighted by Gasteiger charge is 2.17. The number of rotatable bonds is 4. The average Bonchev–Trinajstić information content (AvgIpc) is 2.97. The third kappa shape index (κ3) is 3.46. The van der Waals surface area contributed by atoms with Crippen LogP contribution in [0.5, 0.6) is 0 Å². The monoisotopic (exact) mass is 252 g/mol. The van der Waals surface area contributed by atoms with Crippen molar-refractivity contribution in [2.75, 3.05) is 26.8 Å². The zero-order chi connectivity index (χ0) is 13.0. The first kappa shape index (κ1) is 12.9. The molecule has 100 valence electrons. The summed E-state index contributed by atoms with van der Waals surface area (Å²) in [5.41, 5.74) is 1.03. The molecule has 18 heavy (non-hydrogen) atoms. The molecule has 2 amide bonds. The van der Waals surface area contributed by atoms with E-state index in [1.54, 1.807) is 22.8 Å². The highest BCUT2D eigenvalue weighted by Crippen LogP contribution is 2.10. The Kier molecular flexibility index (Phi) is 4.19. The van der Waals surface area contributed by atoms with E-state index in [1.165, 1.54) is 0 Å². The molecule has 6 heteroatoms. The summed E-state index contributed by atoms with van der Waals surface area (Å²) in [7, 11) is 3.65. The largest absolute Gasteiger partial charge is 0.381 e. The molecule has 1 aromatic rings. The molecule has 0 bridgehead atoms. The van der Waals surface area contributed by atoms with Crippen LogP contribution >= 0.6 is 0 Å². The minimum absolute atomic E-state index is 0.0502. The van der Waals surface area contributed by atoms with Gasteiger partial charge in [-0.25, -0.2) is 4.79 Å². The predicted octanol–water partition coefficient (Wildman–Crippen LogP) is 0.598. The summed E-state index contributed by atoms with van der Waals surface area (Å²) in [4.78, 5) is 13.5. The number of aromatic nitrogens is 2. The summed E-state index contributed by atoms with van der Waals surface area (Å²) in [6, 6.07) is -0.0502. The molecular formula is C12H20N4O2. The Morgan fingerprint density at radius 1 is 1.72 bits per heavy atom. The van der Waals surface area contributed by atoms with E-state index in [9.17, 15) is 4.79 Å². The predicted molar refractivity (Wildman–Crippen MR) is 67.0 cm³/mol. The SMILES string of the molecule is CN(Cc1cnn(C)c1)C(=O)NCC1CCOC1. The third-order valence-corrected chi connectivity index (χ3v) is 3.09. The maximum absolute atomic E-state index is 11.9. The Bertz CT molecular complexity index is 399. The number of nitrogens with zero attached hydrogens (tertiary/aromatic N) is 3. The fourth-order valence-electron chi connectivity index (χ4n) is 2.01. The molecule has 1 aliphatic rings. The van der Waals surface area contributed by atoms with Crippen LogP contribution in [-0.2, 0) is 18.3 Å². The van der Waals surface area contributed by atoms with Crippen molar-refractivity contribution in [3.05, 3.63) is 18.0 Å². The van der Waals surface area contributed by atoms with Crippen LogP contribution in [0.15, 0.2) is 12.4 Å². The van der Waals surface area contributed by atoms with E-state index in [4.69, 9.17) is 4.74 Å². The van der Waals surface area contributed by atoms with E-state index in [0.29, 0.717) is 19.0 Å². The maximum atomic E-state index is 11.9. The molecule has 2 heterocycles. The fraction of sp³-hybridized carbons (Fsp3) is 0.667. The highest BCUT2D eigenvalue weighted by molar-refractivity contribution is 5.73. The second-order valence-corrected chi connectivity index (χ2v) is 4.79. The first-order chi connectivity index (χ1) is 8.65. The fourth-order valence-corrected chi connectivity index (χ4v) is 2.01. The molecule has 0 spiro atoms. The summed E-state index contributed by atoms with van der Waals surface area (Å²) in [6.07, 6.45) is 4.72. The van der Waals surface area contributed by atoms with Crippen molar-refractivity contribution in [3.8, 4) is 0 Å². The molecule has 1 fully saturated rings. The van der Waals surface area contributed by atoms with E-state index in [1.807, 2.05) is 13.2 Å². The van der Waals surface area contributed by atoms with E-state index in [-0.39, 0.29) is 6.03 Å². The van der Waals surface area contributed by atoms with Gasteiger partial charge in [-0.3, -0.25) is 4.68 Å². The second-order valence-electron chi connectivity index (χ2n) is 4.79. The van der Waals surface area contributed by atoms with Gasteiger partial charge in [-0.1, -0.05) is 0 Å². The number of carbonyl (C=O) groups excluding carboxylic acids is 1. The van der Waals surface area contributed by atoms with Crippen LogP contribution in [0.3, 0.4) is 0 Å². The van der Waals surface area contributed by atoms with Crippen LogP contribution in [0.2, 0.25) is 0 Å². The minimum Gasteiger partial charge on any atom is -0.381 e. The Balaban J connectivity index is 1.74. The van der Waals surface area contributed by atoms with Crippen molar-refractivity contribution in [1.29, 1.82) is 0 Å². The number of carbonyl (C=O) groups is 1. The molecule has 1 aliphatic heterocycles. The van der Waals surface area contributed by atoms with Gasteiger partial charge in [0.1, 0.15) is 0 Å². The van der Waals surface area contributed by atoms with E-state index >= 15 is 0 Å². The Morgan fingerprint density at radius 3 is 3.17 bits per heavy atom. The molecular weight excluding hydrogens is 232 g/mol. The summed E-state index contributed by atoms with van der Waals surface area (Å²) >= 11 is 0. The van der Waals surface area contributed by atoms with Gasteiger partial charge in [-0.05, 0) is 6.42 Å². The second kappa shape index (κ2) is 5.86. The zero-order valence-corrected chi connectivity index (χ0v) is 10.9. The molecule has 1 unspecified atom stereocenters. The summed E-state index contributed by atoms with van der Waals surface area (Å²) in [6.45, 7) is 2.83. The van der Waals surface area contributed by atoms with Crippen LogP contribution in [-0.4, -0.2) is 47.5 Å². The Morgan fingerprint density at radius 2 is 2.56 bits per heavy atom. The van der Waals surface area contributed by atoms with Crippen molar-refractivity contribution < 1.29 is 9.53 Å². The number of hydrogen-bond donors (Lipinski definition) is 1. The van der Waals surface area contributed by atoms with Gasteiger partial charge in [0, 0.05) is 44.9 Å². The van der Waals surface area contributed by atoms with Crippen LogP contribution in [0.25, 0.3) is 0 Å². The molecule has 2 rings (SSSR count). The molecule has 1 atom stereocenters. The topological polar surface area (TPSA) is 59.4 Å². The lowest BCUT2D eigenvalue weighted by atomic mass is 10.1. The number of amides is 2. The van der Waals surface area contributed by atoms with Gasteiger partial charge in [-0.2, -0.15) is 5.10 Å². The lowest BCUT2D eigenvalue weighted by molar-refractivity contribution is 0.182. The summed E-state index contributed by atoms with van der Waals surface area (Å²) in [5, 5.41) is 7.01. The van der Waals surface area contributed by atoms with Gasteiger partial charge in [0.15, 0.2) is 0 Å². The molecule has 0 aromatic carbocycles. The molecule has 1 N–H and O–H groups in total. The Labute approximate surface area is 107 Å². The van der Waals surface area contributed by atoms with Crippen LogP contribution in [0.1, 0.15) is 12.0 Å². The van der Waals surface area contributed by atoms with Gasteiger partial charge in [0.05, 0.1) is 19.3 Å². The standard InChI is InChI=1S/C12H20N4O2/c1-15(7-11-6-14-16(2)8-11)12(17)13-5-10-3-4-18-9-10/h6,8,10H,3-5,7,9H2,1-2H3,(H,13,17). The van der Waals surface area contributed by atoms with Crippen molar-refractivity contribution in [2.45, 2.75) is 13.0 Å². The summed E-state index contributed by atoms with van der Waals surface area (Å²) in [5.74, 6) is 0.459. The van der Waals surface area contributed by atoms with E-state index in [2.05, 4.69) is 10.4 Å². The third-order valence-electron chi connectivity index (χ3n) is 3.09. The van der Waals surface area contributed by atoms with Crippen LogP contribution in [0, 0.1) is 5.92 Å². The highest BCUT2D eigenvalue weighted by atomic mass is 16.5. The average molecular weight is 252 g/mol. The minimum atomic E-state index is -0.0502. The molecule has 0 radical (unpaired) electrons. The van der Waals surface area contributed by atoms with E-state index in [0.717, 1.165) is 25.2 Å². The van der Waals surface area contributed by atoms with Crippen molar-refractivity contribution in [1.82, 2.24) is 20.0 Å². The van der Waals surface area contributed by atoms with E-state index < -0.39 is 0 Å². The van der Waals surface area contributed by atoms with Crippen LogP contribution < -0.4 is 5.32 Å². The number of ether oxygens (including phenoxy) is 1. The number of hydrogen-bond acceptors (Lipinski definition) is 3. The van der Waals surface area contributed by atoms with Gasteiger partial charge < -0.3 is 15.0 Å². The first-order valence-electron chi connectivity index (χ1n) is 6.19. The van der Waals surface area contributed by atoms with Gasteiger partial charge in [0.25, 0.3) is 0 Å². The molecule has 0 saturated carbocycles. The maximum Gasteiger partial charge on any atom is 0.317 e. The smallest absolute Gasteiger partial charge is 0.317 e. The lowest BCUT2D eigenvalue weighted by Crippen LogP contribution is -2.39. The molecule has 1 saturated heterocycles. The van der Waals surface area contributed by atoms with Gasteiger partial charge >= 0.3 is 6.03 Å². The number of urea groups is 1. The lowest BCUT2D eigenvalue weighted by Gasteiger charge is -2.18. The van der Waals surface area contributed by atoms with Gasteiger partial charge in [0.2, 0.25) is 0 Å². The van der Waals surface area contributed by atoms with Crippen LogP contribution in [0.4, 0.5) is 4.79 Å². The van der Waals surface area contributed by atoms with Gasteiger partial charge in [-0.15, -0.1) is 0 Å². The molecule has 6 nitrogen and oxygen atoms in total. The number of nitrogens with one attached hydrogen (secondary N) is 1. The molecule has 1 aromatic heterocycles. The summed E-state index contributed by atoms with van der Waals surface area (Å²) < 4.78 is 7.01. The number of aryl methyl sites for hydroxylation is 1. The first-order valence-corrected chi connectivity index (χ1v) is 6.19. The molecule has 0 aliphatic carbocycles. The van der Waals surface area contributed by atoms with Crippen molar-refractivity contribution in [2.24, 2.45) is 13.0 Å². The quantitative estimate of drug-likeness (QED) is 0.853. The van der Waals surface area contributed by atoms with Crippen molar-refractivity contribution in [3.63, 3.8) is 0 Å². The Hall–Kier alpha value is -1.56. The zero-order valence-electron chi connectivity index (χ0n) is 10.9. The normalized spacial score (nSPS) is 18.9.